The Kier molecular flexibility index (Phi) is 12.0. The zero-order valence-electron chi connectivity index (χ0n) is 26.2. The van der Waals surface area contributed by atoms with E-state index in [1.807, 2.05) is 0 Å². The van der Waals surface area contributed by atoms with E-state index in [1.165, 1.54) is 24.5 Å². The van der Waals surface area contributed by atoms with Crippen LogP contribution in [0.3, 0.4) is 0 Å². The van der Waals surface area contributed by atoms with E-state index in [0.29, 0.717) is 17.6 Å². The van der Waals surface area contributed by atoms with Crippen molar-refractivity contribution in [1.29, 1.82) is 0 Å². The van der Waals surface area contributed by atoms with Crippen molar-refractivity contribution in [1.82, 2.24) is 0 Å². The number of aliphatic hydroxyl groups is 5. The zero-order chi connectivity index (χ0) is 34.5. The third-order valence-electron chi connectivity index (χ3n) is 8.74. The second-order valence-corrected chi connectivity index (χ2v) is 11.9. The highest BCUT2D eigenvalue weighted by molar-refractivity contribution is 5.87. The number of hydrogen-bond acceptors (Lipinski definition) is 15. The van der Waals surface area contributed by atoms with E-state index < -0.39 is 97.6 Å². The molecule has 0 bridgehead atoms. The Balaban J connectivity index is 1.54. The van der Waals surface area contributed by atoms with Gasteiger partial charge in [0.25, 0.3) is 0 Å². The normalized spacial score (nSPS) is 34.1. The molecule has 3 aliphatic rings. The van der Waals surface area contributed by atoms with Crippen molar-refractivity contribution in [2.45, 2.75) is 82.3 Å². The van der Waals surface area contributed by atoms with Crippen LogP contribution in [0.15, 0.2) is 42.2 Å². The molecule has 15 heteroatoms. The highest BCUT2D eigenvalue weighted by atomic mass is 16.7. The number of fused-ring (bicyclic) bond motifs is 1. The van der Waals surface area contributed by atoms with Crippen LogP contribution in [0.1, 0.15) is 39.2 Å². The van der Waals surface area contributed by atoms with Crippen LogP contribution in [0.2, 0.25) is 0 Å². The second-order valence-electron chi connectivity index (χ2n) is 11.9. The van der Waals surface area contributed by atoms with Crippen LogP contribution in [0, 0.1) is 17.8 Å². The number of ether oxygens (including phenoxy) is 6. The van der Waals surface area contributed by atoms with Crippen LogP contribution < -0.4 is 0 Å². The van der Waals surface area contributed by atoms with Gasteiger partial charge in [-0.25, -0.2) is 4.79 Å². The Morgan fingerprint density at radius 2 is 1.79 bits per heavy atom. The minimum atomic E-state index is -2.07. The van der Waals surface area contributed by atoms with Gasteiger partial charge in [-0.15, -0.1) is 0 Å². The predicted molar refractivity (Wildman–Crippen MR) is 158 cm³/mol. The van der Waals surface area contributed by atoms with Gasteiger partial charge in [0.15, 0.2) is 12.4 Å². The number of rotatable bonds is 12. The molecule has 0 aromatic heterocycles. The lowest BCUT2D eigenvalue weighted by Gasteiger charge is -2.42. The summed E-state index contributed by atoms with van der Waals surface area (Å²) in [5.41, 5.74) is -1.15. The van der Waals surface area contributed by atoms with Gasteiger partial charge in [0.1, 0.15) is 36.3 Å². The summed E-state index contributed by atoms with van der Waals surface area (Å²) >= 11 is 0. The molecule has 260 valence electrons. The molecule has 11 unspecified atom stereocenters. The highest BCUT2D eigenvalue weighted by Crippen LogP contribution is 2.50. The molecule has 4 rings (SSSR count). The van der Waals surface area contributed by atoms with Crippen LogP contribution in [0.4, 0.5) is 0 Å². The summed E-state index contributed by atoms with van der Waals surface area (Å²) in [4.78, 5) is 37.0. The number of benzene rings is 1. The number of hydrogen-bond donors (Lipinski definition) is 6. The summed E-state index contributed by atoms with van der Waals surface area (Å²) in [6.45, 7) is 2.95. The van der Waals surface area contributed by atoms with Crippen LogP contribution >= 0.6 is 0 Å². The van der Waals surface area contributed by atoms with Gasteiger partial charge in [-0.2, -0.15) is 0 Å². The Labute approximate surface area is 270 Å². The van der Waals surface area contributed by atoms with Gasteiger partial charge in [-0.1, -0.05) is 26.0 Å². The highest BCUT2D eigenvalue weighted by Gasteiger charge is 2.61. The third-order valence-corrected chi connectivity index (χ3v) is 8.74. The largest absolute Gasteiger partial charge is 0.508 e. The monoisotopic (exact) mass is 666 g/mol. The van der Waals surface area contributed by atoms with E-state index in [9.17, 15) is 45.0 Å². The van der Waals surface area contributed by atoms with Crippen molar-refractivity contribution >= 4 is 24.0 Å². The van der Waals surface area contributed by atoms with E-state index >= 15 is 0 Å². The van der Waals surface area contributed by atoms with Crippen LogP contribution in [-0.4, -0.2) is 117 Å². The molecular weight excluding hydrogens is 624 g/mol. The molecule has 2 aliphatic heterocycles. The Morgan fingerprint density at radius 1 is 1.09 bits per heavy atom. The number of aromatic hydroxyl groups is 1. The quantitative estimate of drug-likeness (QED) is 0.0972. The average molecular weight is 667 g/mol. The number of phenols is 1. The molecule has 47 heavy (non-hydrogen) atoms. The van der Waals surface area contributed by atoms with E-state index in [-0.39, 0.29) is 18.8 Å². The van der Waals surface area contributed by atoms with Crippen molar-refractivity contribution in [2.75, 3.05) is 19.8 Å². The fourth-order valence-corrected chi connectivity index (χ4v) is 5.76. The Hall–Kier alpha value is -3.57. The molecule has 1 aromatic rings. The molecule has 1 saturated heterocycles. The number of phenolic OH excluding ortho intramolecular Hbond substituents is 1. The molecule has 1 aromatic carbocycles. The SMILES string of the molecule is CCC(C)C(=O)OC1OC=C(COC2OC(CO)C(O)C(O)C2OC(=O)C=Cc2ccc(O)cc2)C2CC(O)C(O)(COC(C)=O)C12. The molecular formula is C32H42O15. The van der Waals surface area contributed by atoms with Gasteiger partial charge in [0.2, 0.25) is 6.29 Å². The fraction of sp³-hybridized carbons (Fsp3) is 0.594. The lowest BCUT2D eigenvalue weighted by atomic mass is 9.80. The third kappa shape index (κ3) is 8.30. The maximum absolute atomic E-state index is 12.7. The first-order chi connectivity index (χ1) is 22.3. The molecule has 0 amide bonds. The van der Waals surface area contributed by atoms with E-state index in [4.69, 9.17) is 28.4 Å². The number of esters is 3. The summed E-state index contributed by atoms with van der Waals surface area (Å²) in [7, 11) is 0. The zero-order valence-corrected chi connectivity index (χ0v) is 26.2. The van der Waals surface area contributed by atoms with Gasteiger partial charge < -0.3 is 59.1 Å². The average Bonchev–Trinajstić information content (AvgIpc) is 3.32. The standard InChI is InChI=1S/C32H42O15/c1-4-16(2)29(40)47-30-25-21(11-23(36)32(25,41)15-44-17(3)34)19(13-42-30)14-43-31-28(27(39)26(38)22(12-33)45-31)46-24(37)10-7-18-5-8-20(35)9-6-18/h5-10,13,16,21-23,25-28,30-31,33,35-36,38-39,41H,4,11-12,14-15H2,1-3H3. The Morgan fingerprint density at radius 3 is 2.43 bits per heavy atom. The maximum atomic E-state index is 12.7. The van der Waals surface area contributed by atoms with Gasteiger partial charge in [-0.3, -0.25) is 9.59 Å². The van der Waals surface area contributed by atoms with Gasteiger partial charge in [0, 0.05) is 18.9 Å². The molecule has 1 saturated carbocycles. The van der Waals surface area contributed by atoms with Crippen molar-refractivity contribution < 1.29 is 73.4 Å². The van der Waals surface area contributed by atoms with E-state index in [2.05, 4.69) is 0 Å². The fourth-order valence-electron chi connectivity index (χ4n) is 5.76. The number of carbonyl (C=O) groups is 3. The molecule has 2 fully saturated rings. The number of carbonyl (C=O) groups excluding carboxylic acids is 3. The first-order valence-corrected chi connectivity index (χ1v) is 15.3. The maximum Gasteiger partial charge on any atom is 0.331 e. The smallest absolute Gasteiger partial charge is 0.331 e. The van der Waals surface area contributed by atoms with Crippen molar-refractivity contribution in [2.24, 2.45) is 17.8 Å². The summed E-state index contributed by atoms with van der Waals surface area (Å²) in [5, 5.41) is 63.0. The summed E-state index contributed by atoms with van der Waals surface area (Å²) in [5.74, 6) is -4.50. The van der Waals surface area contributed by atoms with Gasteiger partial charge >= 0.3 is 17.9 Å². The second kappa shape index (κ2) is 15.6. The van der Waals surface area contributed by atoms with Crippen LogP contribution in [-0.2, 0) is 42.8 Å². The van der Waals surface area contributed by atoms with E-state index in [1.54, 1.807) is 26.0 Å². The van der Waals surface area contributed by atoms with Crippen LogP contribution in [0.5, 0.6) is 5.75 Å². The predicted octanol–water partition coefficient (Wildman–Crippen LogP) is -0.106. The molecule has 11 atom stereocenters. The van der Waals surface area contributed by atoms with Crippen molar-refractivity contribution in [3.8, 4) is 5.75 Å². The minimum Gasteiger partial charge on any atom is -0.508 e. The first kappa shape index (κ1) is 36.3. The van der Waals surface area contributed by atoms with Gasteiger partial charge in [-0.05, 0) is 42.2 Å². The summed E-state index contributed by atoms with van der Waals surface area (Å²) in [6.07, 6.45) is -6.39. The molecule has 6 N–H and O–H groups in total. The van der Waals surface area contributed by atoms with Gasteiger partial charge in [0.05, 0.1) is 37.4 Å². The molecule has 15 nitrogen and oxygen atoms in total. The minimum absolute atomic E-state index is 0.0354. The van der Waals surface area contributed by atoms with Crippen molar-refractivity contribution in [3.05, 3.63) is 47.7 Å². The Bertz CT molecular complexity index is 1310. The first-order valence-electron chi connectivity index (χ1n) is 15.3. The van der Waals surface area contributed by atoms with Crippen molar-refractivity contribution in [3.63, 3.8) is 0 Å². The number of aliphatic hydroxyl groups excluding tert-OH is 4. The molecule has 1 aliphatic carbocycles. The summed E-state index contributed by atoms with van der Waals surface area (Å²) in [6, 6.07) is 5.95. The lowest BCUT2D eigenvalue weighted by molar-refractivity contribution is -0.302. The molecule has 0 spiro atoms. The summed E-state index contributed by atoms with van der Waals surface area (Å²) < 4.78 is 33.3. The van der Waals surface area contributed by atoms with E-state index in [0.717, 1.165) is 13.0 Å². The molecule has 0 radical (unpaired) electrons. The molecule has 2 heterocycles. The lowest BCUT2D eigenvalue weighted by Crippen LogP contribution is -2.60. The van der Waals surface area contributed by atoms with Crippen LogP contribution in [0.25, 0.3) is 6.08 Å². The topological polar surface area (TPSA) is 228 Å².